The van der Waals surface area contributed by atoms with E-state index in [0.29, 0.717) is 37.5 Å². The third-order valence-electron chi connectivity index (χ3n) is 5.42. The number of halogens is 1. The molecule has 1 saturated heterocycles. The summed E-state index contributed by atoms with van der Waals surface area (Å²) in [5, 5.41) is 12.4. The summed E-state index contributed by atoms with van der Waals surface area (Å²) < 4.78 is 14.3. The molecule has 0 bridgehead atoms. The molecule has 8 heteroatoms. The Bertz CT molecular complexity index is 886. The minimum atomic E-state index is -0.548. The number of nitrogens with one attached hydrogen (secondary N) is 3. The van der Waals surface area contributed by atoms with E-state index in [4.69, 9.17) is 0 Å². The molecule has 3 amide bonds. The first-order valence-electron chi connectivity index (χ1n) is 9.19. The molecule has 2 aromatic rings. The number of anilines is 2. The van der Waals surface area contributed by atoms with Crippen LogP contribution >= 0.6 is 0 Å². The van der Waals surface area contributed by atoms with Gasteiger partial charge in [0.2, 0.25) is 5.91 Å². The van der Waals surface area contributed by atoms with Crippen molar-refractivity contribution in [1.29, 1.82) is 0 Å². The van der Waals surface area contributed by atoms with E-state index in [0.717, 1.165) is 24.1 Å². The number of likely N-dealkylation sites (tertiary alicyclic amines) is 1. The van der Waals surface area contributed by atoms with Crippen LogP contribution in [0.25, 0.3) is 0 Å². The number of benzene rings is 1. The van der Waals surface area contributed by atoms with Crippen LogP contribution in [0.2, 0.25) is 0 Å². The number of carbonyl (C=O) groups excluding carboxylic acids is 2. The second-order valence-electron chi connectivity index (χ2n) is 7.18. The van der Waals surface area contributed by atoms with Crippen molar-refractivity contribution in [1.82, 2.24) is 15.1 Å². The largest absolute Gasteiger partial charge is 0.326 e. The van der Waals surface area contributed by atoms with Gasteiger partial charge in [-0.05, 0) is 55.4 Å². The summed E-state index contributed by atoms with van der Waals surface area (Å²) in [6.45, 7) is 3.23. The number of fused-ring (bicyclic) bond motifs is 1. The van der Waals surface area contributed by atoms with Gasteiger partial charge in [-0.3, -0.25) is 9.89 Å². The predicted molar refractivity (Wildman–Crippen MR) is 99.2 cm³/mol. The van der Waals surface area contributed by atoms with E-state index in [-0.39, 0.29) is 17.6 Å². The molecule has 142 valence electrons. The molecular formula is C19H22FN5O2. The van der Waals surface area contributed by atoms with Crippen molar-refractivity contribution in [3.63, 3.8) is 0 Å². The first-order chi connectivity index (χ1) is 13.0. The van der Waals surface area contributed by atoms with Crippen molar-refractivity contribution < 1.29 is 14.0 Å². The Hall–Kier alpha value is -2.90. The van der Waals surface area contributed by atoms with E-state index < -0.39 is 5.82 Å². The van der Waals surface area contributed by atoms with Gasteiger partial charge in [0, 0.05) is 30.9 Å². The maximum Gasteiger partial charge on any atom is 0.321 e. The SMILES string of the molecule is Cc1[nH]ncc1C1CCN(C(=O)Nc2cc3c(cc2F)NC(=O)CC3)CC1. The molecule has 0 unspecified atom stereocenters. The molecule has 27 heavy (non-hydrogen) atoms. The number of urea groups is 1. The Balaban J connectivity index is 1.40. The Morgan fingerprint density at radius 3 is 2.78 bits per heavy atom. The molecule has 2 aliphatic heterocycles. The molecule has 0 radical (unpaired) electrons. The zero-order chi connectivity index (χ0) is 19.0. The molecule has 3 N–H and O–H groups in total. The Morgan fingerprint density at radius 2 is 2.07 bits per heavy atom. The lowest BCUT2D eigenvalue weighted by Gasteiger charge is -2.32. The first kappa shape index (κ1) is 17.5. The number of rotatable bonds is 2. The number of piperidine rings is 1. The highest BCUT2D eigenvalue weighted by atomic mass is 19.1. The van der Waals surface area contributed by atoms with Crippen LogP contribution in [0.5, 0.6) is 0 Å². The van der Waals surface area contributed by atoms with Gasteiger partial charge in [-0.1, -0.05) is 0 Å². The molecular weight excluding hydrogens is 349 g/mol. The number of amides is 3. The van der Waals surface area contributed by atoms with Crippen LogP contribution in [0.15, 0.2) is 18.3 Å². The molecule has 4 rings (SSSR count). The number of nitrogens with zero attached hydrogens (tertiary/aromatic N) is 2. The van der Waals surface area contributed by atoms with Crippen LogP contribution in [0.1, 0.15) is 42.0 Å². The third-order valence-corrected chi connectivity index (χ3v) is 5.42. The number of H-pyrrole nitrogens is 1. The fourth-order valence-corrected chi connectivity index (χ4v) is 3.86. The van der Waals surface area contributed by atoms with Crippen LogP contribution in [0.4, 0.5) is 20.6 Å². The Labute approximate surface area is 156 Å². The fraction of sp³-hybridized carbons (Fsp3) is 0.421. The highest BCUT2D eigenvalue weighted by molar-refractivity contribution is 5.95. The average molecular weight is 371 g/mol. The lowest BCUT2D eigenvalue weighted by atomic mass is 9.90. The standard InChI is InChI=1S/C19H22FN5O2/c1-11-14(10-21-24-11)12-4-6-25(7-5-12)19(27)23-17-8-13-2-3-18(26)22-16(13)9-15(17)20/h8-10,12H,2-7H2,1H3,(H,21,24)(H,22,26)(H,23,27). The number of carbonyl (C=O) groups is 2. The van der Waals surface area contributed by atoms with Gasteiger partial charge in [0.05, 0.1) is 11.9 Å². The number of aryl methyl sites for hydroxylation is 2. The Kier molecular flexibility index (Phi) is 4.55. The minimum absolute atomic E-state index is 0.116. The van der Waals surface area contributed by atoms with Crippen LogP contribution in [-0.4, -0.2) is 40.1 Å². The second kappa shape index (κ2) is 7.02. The first-order valence-corrected chi connectivity index (χ1v) is 9.19. The number of hydrogen-bond donors (Lipinski definition) is 3. The summed E-state index contributed by atoms with van der Waals surface area (Å²) in [5.74, 6) is -0.278. The van der Waals surface area contributed by atoms with Crippen LogP contribution < -0.4 is 10.6 Å². The van der Waals surface area contributed by atoms with E-state index in [9.17, 15) is 14.0 Å². The molecule has 0 saturated carbocycles. The van der Waals surface area contributed by atoms with Gasteiger partial charge >= 0.3 is 6.03 Å². The molecule has 1 fully saturated rings. The fourth-order valence-electron chi connectivity index (χ4n) is 3.86. The van der Waals surface area contributed by atoms with Crippen LogP contribution in [0.3, 0.4) is 0 Å². The Morgan fingerprint density at radius 1 is 1.30 bits per heavy atom. The van der Waals surface area contributed by atoms with Crippen molar-refractivity contribution >= 4 is 23.3 Å². The molecule has 7 nitrogen and oxygen atoms in total. The third kappa shape index (κ3) is 3.51. The maximum absolute atomic E-state index is 14.3. The van der Waals surface area contributed by atoms with Gasteiger partial charge in [0.25, 0.3) is 0 Å². The molecule has 3 heterocycles. The summed E-state index contributed by atoms with van der Waals surface area (Å²) in [7, 11) is 0. The zero-order valence-corrected chi connectivity index (χ0v) is 15.1. The van der Waals surface area contributed by atoms with Crippen molar-refractivity contribution in [2.45, 2.75) is 38.5 Å². The van der Waals surface area contributed by atoms with E-state index in [2.05, 4.69) is 20.8 Å². The number of hydrogen-bond acceptors (Lipinski definition) is 3. The van der Waals surface area contributed by atoms with E-state index >= 15 is 0 Å². The zero-order valence-electron chi connectivity index (χ0n) is 15.1. The van der Waals surface area contributed by atoms with Crippen LogP contribution in [-0.2, 0) is 11.2 Å². The van der Waals surface area contributed by atoms with Gasteiger partial charge in [0.15, 0.2) is 0 Å². The monoisotopic (exact) mass is 371 g/mol. The average Bonchev–Trinajstić information content (AvgIpc) is 3.08. The number of aromatic nitrogens is 2. The molecule has 1 aromatic carbocycles. The van der Waals surface area contributed by atoms with Gasteiger partial charge in [-0.25, -0.2) is 9.18 Å². The van der Waals surface area contributed by atoms with E-state index in [1.165, 1.54) is 11.6 Å². The van der Waals surface area contributed by atoms with Gasteiger partial charge in [-0.15, -0.1) is 0 Å². The molecule has 1 aromatic heterocycles. The van der Waals surface area contributed by atoms with E-state index in [1.807, 2.05) is 13.1 Å². The highest BCUT2D eigenvalue weighted by Gasteiger charge is 2.26. The summed E-state index contributed by atoms with van der Waals surface area (Å²) >= 11 is 0. The topological polar surface area (TPSA) is 90.1 Å². The summed E-state index contributed by atoms with van der Waals surface area (Å²) in [4.78, 5) is 25.7. The van der Waals surface area contributed by atoms with Crippen molar-refractivity contribution in [3.05, 3.63) is 41.0 Å². The molecule has 0 aliphatic carbocycles. The molecule has 2 aliphatic rings. The van der Waals surface area contributed by atoms with Gasteiger partial charge in [0.1, 0.15) is 5.82 Å². The summed E-state index contributed by atoms with van der Waals surface area (Å²) in [6.07, 6.45) is 4.47. The molecule has 0 atom stereocenters. The van der Waals surface area contributed by atoms with Gasteiger partial charge in [-0.2, -0.15) is 5.10 Å². The van der Waals surface area contributed by atoms with Crippen molar-refractivity contribution in [2.24, 2.45) is 0 Å². The van der Waals surface area contributed by atoms with Crippen LogP contribution in [0, 0.1) is 12.7 Å². The summed E-state index contributed by atoms with van der Waals surface area (Å²) in [6, 6.07) is 2.59. The lowest BCUT2D eigenvalue weighted by molar-refractivity contribution is -0.116. The van der Waals surface area contributed by atoms with Crippen molar-refractivity contribution in [2.75, 3.05) is 23.7 Å². The maximum atomic E-state index is 14.3. The van der Waals surface area contributed by atoms with E-state index in [1.54, 1.807) is 11.0 Å². The quantitative estimate of drug-likeness (QED) is 0.757. The van der Waals surface area contributed by atoms with Crippen molar-refractivity contribution in [3.8, 4) is 0 Å². The second-order valence-corrected chi connectivity index (χ2v) is 7.18. The summed E-state index contributed by atoms with van der Waals surface area (Å²) in [5.41, 5.74) is 3.75. The smallest absolute Gasteiger partial charge is 0.321 e. The normalized spacial score (nSPS) is 17.4. The highest BCUT2D eigenvalue weighted by Crippen LogP contribution is 2.31. The van der Waals surface area contributed by atoms with Gasteiger partial charge < -0.3 is 15.5 Å². The molecule has 0 spiro atoms. The number of aromatic amines is 1. The minimum Gasteiger partial charge on any atom is -0.326 e. The lowest BCUT2D eigenvalue weighted by Crippen LogP contribution is -2.40. The predicted octanol–water partition coefficient (Wildman–Crippen LogP) is 3.15.